The molecule has 0 aliphatic heterocycles. The number of ether oxygens (including phenoxy) is 1. The Morgan fingerprint density at radius 2 is 2.36 bits per heavy atom. The molecule has 0 unspecified atom stereocenters. The lowest BCUT2D eigenvalue weighted by Gasteiger charge is -2.03. The standard InChI is InChI=1S/C7H10N2O2/c1-5-3-8-6(4-10)7(9-5)11-2/h3,10H,4H2,1-2H3. The molecular formula is C7H10N2O2. The Morgan fingerprint density at radius 3 is 2.91 bits per heavy atom. The summed E-state index contributed by atoms with van der Waals surface area (Å²) < 4.78 is 4.88. The lowest BCUT2D eigenvalue weighted by molar-refractivity contribution is 0.265. The summed E-state index contributed by atoms with van der Waals surface area (Å²) >= 11 is 0. The largest absolute Gasteiger partial charge is 0.480 e. The number of aliphatic hydroxyl groups excluding tert-OH is 1. The van der Waals surface area contributed by atoms with Crippen LogP contribution in [0.5, 0.6) is 5.88 Å². The van der Waals surface area contributed by atoms with E-state index in [-0.39, 0.29) is 6.61 Å². The van der Waals surface area contributed by atoms with Crippen LogP contribution in [-0.4, -0.2) is 22.2 Å². The topological polar surface area (TPSA) is 55.2 Å². The number of methoxy groups -OCH3 is 1. The molecule has 4 heteroatoms. The van der Waals surface area contributed by atoms with Gasteiger partial charge in [0.15, 0.2) is 0 Å². The first-order valence-corrected chi connectivity index (χ1v) is 3.25. The molecule has 0 saturated heterocycles. The maximum atomic E-state index is 8.76. The average Bonchev–Trinajstić information content (AvgIpc) is 2.04. The van der Waals surface area contributed by atoms with E-state index in [9.17, 15) is 0 Å². The van der Waals surface area contributed by atoms with Crippen molar-refractivity contribution in [3.63, 3.8) is 0 Å². The fourth-order valence-electron chi connectivity index (χ4n) is 0.752. The van der Waals surface area contributed by atoms with E-state index in [1.54, 1.807) is 6.20 Å². The average molecular weight is 154 g/mol. The summed E-state index contributed by atoms with van der Waals surface area (Å²) in [6.07, 6.45) is 1.59. The van der Waals surface area contributed by atoms with Gasteiger partial charge in [0.25, 0.3) is 0 Å². The number of aromatic nitrogens is 2. The molecule has 0 radical (unpaired) electrons. The number of rotatable bonds is 2. The van der Waals surface area contributed by atoms with Gasteiger partial charge >= 0.3 is 0 Å². The smallest absolute Gasteiger partial charge is 0.238 e. The molecule has 0 aromatic carbocycles. The quantitative estimate of drug-likeness (QED) is 0.665. The molecule has 0 fully saturated rings. The van der Waals surface area contributed by atoms with E-state index >= 15 is 0 Å². The van der Waals surface area contributed by atoms with E-state index in [0.717, 1.165) is 5.69 Å². The monoisotopic (exact) mass is 154 g/mol. The maximum Gasteiger partial charge on any atom is 0.238 e. The molecule has 1 rings (SSSR count). The van der Waals surface area contributed by atoms with Crippen LogP contribution in [0.2, 0.25) is 0 Å². The molecule has 0 spiro atoms. The minimum atomic E-state index is -0.142. The number of aliphatic hydroxyl groups is 1. The van der Waals surface area contributed by atoms with Gasteiger partial charge in [0, 0.05) is 6.20 Å². The van der Waals surface area contributed by atoms with Crippen molar-refractivity contribution in [3.05, 3.63) is 17.6 Å². The Kier molecular flexibility index (Phi) is 2.38. The summed E-state index contributed by atoms with van der Waals surface area (Å²) in [5.74, 6) is 0.396. The van der Waals surface area contributed by atoms with Gasteiger partial charge in [-0.05, 0) is 6.92 Å². The zero-order chi connectivity index (χ0) is 8.27. The summed E-state index contributed by atoms with van der Waals surface area (Å²) in [6, 6.07) is 0. The highest BCUT2D eigenvalue weighted by Gasteiger charge is 2.03. The number of hydrogen-bond donors (Lipinski definition) is 1. The molecule has 1 N–H and O–H groups in total. The van der Waals surface area contributed by atoms with E-state index < -0.39 is 0 Å². The predicted octanol–water partition coefficient (Wildman–Crippen LogP) is 0.286. The highest BCUT2D eigenvalue weighted by molar-refractivity contribution is 5.18. The third-order valence-electron chi connectivity index (χ3n) is 1.28. The summed E-state index contributed by atoms with van der Waals surface area (Å²) in [5.41, 5.74) is 1.25. The second-order valence-electron chi connectivity index (χ2n) is 2.13. The van der Waals surface area contributed by atoms with Crippen molar-refractivity contribution < 1.29 is 9.84 Å². The van der Waals surface area contributed by atoms with E-state index in [1.165, 1.54) is 7.11 Å². The Bertz CT molecular complexity index is 250. The Morgan fingerprint density at radius 1 is 1.64 bits per heavy atom. The molecular weight excluding hydrogens is 144 g/mol. The molecule has 0 bridgehead atoms. The Hall–Kier alpha value is -1.16. The zero-order valence-electron chi connectivity index (χ0n) is 6.53. The molecule has 4 nitrogen and oxygen atoms in total. The summed E-state index contributed by atoms with van der Waals surface area (Å²) in [6.45, 7) is 1.67. The minimum absolute atomic E-state index is 0.142. The van der Waals surface area contributed by atoms with E-state index in [0.29, 0.717) is 11.6 Å². The highest BCUT2D eigenvalue weighted by atomic mass is 16.5. The number of aryl methyl sites for hydroxylation is 1. The van der Waals surface area contributed by atoms with Crippen molar-refractivity contribution in [2.75, 3.05) is 7.11 Å². The third-order valence-corrected chi connectivity index (χ3v) is 1.28. The van der Waals surface area contributed by atoms with Crippen LogP contribution in [0, 0.1) is 6.92 Å². The minimum Gasteiger partial charge on any atom is -0.480 e. The summed E-state index contributed by atoms with van der Waals surface area (Å²) in [5, 5.41) is 8.76. The molecule has 0 aliphatic rings. The Balaban J connectivity index is 3.06. The lowest BCUT2D eigenvalue weighted by Crippen LogP contribution is -1.99. The van der Waals surface area contributed by atoms with Gasteiger partial charge in [0.05, 0.1) is 19.4 Å². The molecule has 1 aromatic heterocycles. The first kappa shape index (κ1) is 7.94. The molecule has 1 heterocycles. The van der Waals surface area contributed by atoms with E-state index in [4.69, 9.17) is 9.84 Å². The van der Waals surface area contributed by atoms with Crippen LogP contribution in [0.1, 0.15) is 11.4 Å². The van der Waals surface area contributed by atoms with Gasteiger partial charge in [-0.2, -0.15) is 0 Å². The van der Waals surface area contributed by atoms with Gasteiger partial charge in [-0.1, -0.05) is 0 Å². The number of hydrogen-bond acceptors (Lipinski definition) is 4. The zero-order valence-corrected chi connectivity index (χ0v) is 6.53. The van der Waals surface area contributed by atoms with Crippen LogP contribution < -0.4 is 4.74 Å². The SMILES string of the molecule is COc1nc(C)cnc1CO. The van der Waals surface area contributed by atoms with Crippen molar-refractivity contribution in [2.45, 2.75) is 13.5 Å². The van der Waals surface area contributed by atoms with Gasteiger partial charge in [-0.15, -0.1) is 0 Å². The number of nitrogens with zero attached hydrogens (tertiary/aromatic N) is 2. The molecule has 1 aromatic rings. The normalized spacial score (nSPS) is 9.73. The van der Waals surface area contributed by atoms with Gasteiger partial charge in [-0.25, -0.2) is 4.98 Å². The van der Waals surface area contributed by atoms with Crippen LogP contribution in [0.15, 0.2) is 6.20 Å². The van der Waals surface area contributed by atoms with Crippen molar-refractivity contribution in [1.29, 1.82) is 0 Å². The van der Waals surface area contributed by atoms with Crippen molar-refractivity contribution in [3.8, 4) is 5.88 Å². The molecule has 0 saturated carbocycles. The molecule has 11 heavy (non-hydrogen) atoms. The third kappa shape index (κ3) is 1.65. The van der Waals surface area contributed by atoms with E-state index in [1.807, 2.05) is 6.92 Å². The van der Waals surface area contributed by atoms with Crippen LogP contribution >= 0.6 is 0 Å². The second kappa shape index (κ2) is 3.30. The summed E-state index contributed by atoms with van der Waals surface area (Å²) in [7, 11) is 1.50. The van der Waals surface area contributed by atoms with Crippen molar-refractivity contribution in [1.82, 2.24) is 9.97 Å². The van der Waals surface area contributed by atoms with E-state index in [2.05, 4.69) is 9.97 Å². The fourth-order valence-corrected chi connectivity index (χ4v) is 0.752. The van der Waals surface area contributed by atoms with Crippen LogP contribution in [0.3, 0.4) is 0 Å². The Labute approximate surface area is 64.9 Å². The van der Waals surface area contributed by atoms with Crippen molar-refractivity contribution in [2.24, 2.45) is 0 Å². The van der Waals surface area contributed by atoms with Gasteiger partial charge < -0.3 is 9.84 Å². The van der Waals surface area contributed by atoms with Crippen molar-refractivity contribution >= 4 is 0 Å². The fraction of sp³-hybridized carbons (Fsp3) is 0.429. The van der Waals surface area contributed by atoms with Crippen LogP contribution in [0.25, 0.3) is 0 Å². The van der Waals surface area contributed by atoms with Gasteiger partial charge in [-0.3, -0.25) is 4.98 Å². The molecule has 0 aliphatic carbocycles. The first-order valence-electron chi connectivity index (χ1n) is 3.25. The van der Waals surface area contributed by atoms with Crippen LogP contribution in [-0.2, 0) is 6.61 Å². The predicted molar refractivity (Wildman–Crippen MR) is 39.2 cm³/mol. The molecule has 0 atom stereocenters. The van der Waals surface area contributed by atoms with Gasteiger partial charge in [0.1, 0.15) is 5.69 Å². The lowest BCUT2D eigenvalue weighted by atomic mass is 10.4. The first-order chi connectivity index (χ1) is 5.27. The summed E-state index contributed by atoms with van der Waals surface area (Å²) in [4.78, 5) is 7.95. The molecule has 60 valence electrons. The highest BCUT2D eigenvalue weighted by Crippen LogP contribution is 2.11. The van der Waals surface area contributed by atoms with Crippen LogP contribution in [0.4, 0.5) is 0 Å². The maximum absolute atomic E-state index is 8.76. The second-order valence-corrected chi connectivity index (χ2v) is 2.13. The van der Waals surface area contributed by atoms with Gasteiger partial charge in [0.2, 0.25) is 5.88 Å². The molecule has 0 amide bonds.